The first-order valence-electron chi connectivity index (χ1n) is 7.91. The van der Waals surface area contributed by atoms with Crippen LogP contribution in [0.2, 0.25) is 0 Å². The summed E-state index contributed by atoms with van der Waals surface area (Å²) < 4.78 is 9.38. The Morgan fingerprint density at radius 3 is 2.56 bits per heavy atom. The molecule has 0 fully saturated rings. The normalized spacial score (nSPS) is 13.0. The summed E-state index contributed by atoms with van der Waals surface area (Å²) in [7, 11) is 0. The lowest BCUT2D eigenvalue weighted by Crippen LogP contribution is -2.20. The van der Waals surface area contributed by atoms with Gasteiger partial charge in [0.05, 0.1) is 12.2 Å². The third-order valence-electron chi connectivity index (χ3n) is 3.52. The van der Waals surface area contributed by atoms with Crippen LogP contribution in [0, 0.1) is 11.3 Å². The fourth-order valence-corrected chi connectivity index (χ4v) is 3.70. The van der Waals surface area contributed by atoms with Crippen LogP contribution >= 0.6 is 11.3 Å². The van der Waals surface area contributed by atoms with Gasteiger partial charge in [-0.3, -0.25) is 4.79 Å². The second-order valence-electron chi connectivity index (χ2n) is 5.27. The third-order valence-corrected chi connectivity index (χ3v) is 4.73. The third kappa shape index (κ3) is 5.16. The summed E-state index contributed by atoms with van der Waals surface area (Å²) >= 11 is 1.40. The highest BCUT2D eigenvalue weighted by Gasteiger charge is 2.21. The van der Waals surface area contributed by atoms with Gasteiger partial charge in [-0.1, -0.05) is 0 Å². The number of nitrogens with one attached hydrogen (secondary N) is 1. The lowest BCUT2D eigenvalue weighted by Gasteiger charge is -2.09. The van der Waals surface area contributed by atoms with Crippen molar-refractivity contribution < 1.29 is 23.9 Å². The predicted octanol–water partition coefficient (Wildman–Crippen LogP) is 2.10. The van der Waals surface area contributed by atoms with E-state index in [0.717, 1.165) is 48.3 Å². The van der Waals surface area contributed by atoms with Gasteiger partial charge in [0.1, 0.15) is 11.1 Å². The summed E-state index contributed by atoms with van der Waals surface area (Å²) in [4.78, 5) is 35.6. The van der Waals surface area contributed by atoms with Crippen molar-refractivity contribution in [2.75, 3.05) is 18.5 Å². The number of anilines is 1. The van der Waals surface area contributed by atoms with Gasteiger partial charge in [0.15, 0.2) is 6.61 Å². The fourth-order valence-electron chi connectivity index (χ4n) is 2.45. The molecule has 1 heterocycles. The Balaban J connectivity index is 1.89. The second-order valence-corrected chi connectivity index (χ2v) is 6.37. The van der Waals surface area contributed by atoms with Crippen molar-refractivity contribution >= 4 is 34.2 Å². The van der Waals surface area contributed by atoms with Crippen LogP contribution in [0.4, 0.5) is 5.00 Å². The van der Waals surface area contributed by atoms with Crippen molar-refractivity contribution in [1.82, 2.24) is 0 Å². The van der Waals surface area contributed by atoms with E-state index in [9.17, 15) is 19.6 Å². The molecule has 0 radical (unpaired) electrons. The molecule has 1 aliphatic carbocycles. The summed E-state index contributed by atoms with van der Waals surface area (Å²) in [5, 5.41) is 12.4. The van der Waals surface area contributed by atoms with Crippen LogP contribution in [0.15, 0.2) is 12.2 Å². The second kappa shape index (κ2) is 8.99. The van der Waals surface area contributed by atoms with Crippen LogP contribution in [0.25, 0.3) is 0 Å². The molecule has 0 saturated heterocycles. The maximum Gasteiger partial charge on any atom is 0.331 e. The van der Waals surface area contributed by atoms with Gasteiger partial charge >= 0.3 is 11.9 Å². The predicted molar refractivity (Wildman–Crippen MR) is 91.0 cm³/mol. The van der Waals surface area contributed by atoms with Gasteiger partial charge < -0.3 is 14.8 Å². The Bertz CT molecular complexity index is 745. The van der Waals surface area contributed by atoms with Gasteiger partial charge in [-0.25, -0.2) is 9.59 Å². The lowest BCUT2D eigenvalue weighted by molar-refractivity contribution is -0.143. The summed E-state index contributed by atoms with van der Waals surface area (Å²) in [6, 6.07) is 2.14. The highest BCUT2D eigenvalue weighted by Crippen LogP contribution is 2.37. The first kappa shape index (κ1) is 18.7. The molecule has 7 nitrogen and oxygen atoms in total. The molecule has 1 amide bonds. The number of esters is 2. The Morgan fingerprint density at radius 1 is 1.20 bits per heavy atom. The quantitative estimate of drug-likeness (QED) is 0.614. The number of nitriles is 1. The first-order valence-corrected chi connectivity index (χ1v) is 8.72. The van der Waals surface area contributed by atoms with E-state index < -0.39 is 24.5 Å². The highest BCUT2D eigenvalue weighted by molar-refractivity contribution is 7.16. The number of amides is 1. The van der Waals surface area contributed by atoms with E-state index in [4.69, 9.17) is 4.74 Å². The molecular formula is C17H18N2O5S. The topological polar surface area (TPSA) is 105 Å². The zero-order valence-corrected chi connectivity index (χ0v) is 14.6. The maximum atomic E-state index is 11.9. The van der Waals surface area contributed by atoms with Crippen molar-refractivity contribution in [3.8, 4) is 6.07 Å². The summed E-state index contributed by atoms with van der Waals surface area (Å²) in [5.41, 5.74) is 1.52. The summed E-state index contributed by atoms with van der Waals surface area (Å²) in [6.07, 6.45) is 5.71. The number of ether oxygens (including phenoxy) is 2. The van der Waals surface area contributed by atoms with Crippen molar-refractivity contribution in [1.29, 1.82) is 5.26 Å². The van der Waals surface area contributed by atoms with Crippen molar-refractivity contribution in [2.45, 2.75) is 32.6 Å². The van der Waals surface area contributed by atoms with Crippen LogP contribution in [-0.2, 0) is 36.7 Å². The standard InChI is InChI=1S/C17H18N2O5S/c1-2-23-15(21)7-8-16(22)24-10-14(20)19-17-12(9-18)11-5-3-4-6-13(11)25-17/h7-8H,2-6,10H2,1H3,(H,19,20). The number of carbonyl (C=O) groups is 3. The monoisotopic (exact) mass is 362 g/mol. The van der Waals surface area contributed by atoms with Crippen LogP contribution in [0.1, 0.15) is 35.8 Å². The van der Waals surface area contributed by atoms with Crippen LogP contribution in [0.3, 0.4) is 0 Å². The summed E-state index contributed by atoms with van der Waals surface area (Å²) in [5.74, 6) is -2.02. The van der Waals surface area contributed by atoms with Gasteiger partial charge in [0.25, 0.3) is 5.91 Å². The Morgan fingerprint density at radius 2 is 1.88 bits per heavy atom. The molecule has 8 heteroatoms. The molecule has 1 N–H and O–H groups in total. The van der Waals surface area contributed by atoms with Gasteiger partial charge in [-0.2, -0.15) is 5.26 Å². The fraction of sp³-hybridized carbons (Fsp3) is 0.412. The molecule has 0 unspecified atom stereocenters. The zero-order valence-electron chi connectivity index (χ0n) is 13.8. The van der Waals surface area contributed by atoms with Crippen LogP contribution in [-0.4, -0.2) is 31.1 Å². The molecule has 25 heavy (non-hydrogen) atoms. The summed E-state index contributed by atoms with van der Waals surface area (Å²) in [6.45, 7) is 1.35. The number of carbonyl (C=O) groups excluding carboxylic acids is 3. The number of fused-ring (bicyclic) bond motifs is 1. The SMILES string of the molecule is CCOC(=O)C=CC(=O)OCC(=O)Nc1sc2c(c1C#N)CCCC2. The zero-order chi connectivity index (χ0) is 18.2. The first-order chi connectivity index (χ1) is 12.0. The smallest absolute Gasteiger partial charge is 0.331 e. The number of hydrogen-bond donors (Lipinski definition) is 1. The largest absolute Gasteiger partial charge is 0.463 e. The van der Waals surface area contributed by atoms with E-state index in [1.807, 2.05) is 0 Å². The van der Waals surface area contributed by atoms with Crippen molar-refractivity contribution in [3.63, 3.8) is 0 Å². The van der Waals surface area contributed by atoms with E-state index in [1.54, 1.807) is 6.92 Å². The molecule has 0 aliphatic heterocycles. The number of aryl methyl sites for hydroxylation is 1. The molecule has 0 aromatic carbocycles. The number of nitrogens with zero attached hydrogens (tertiary/aromatic N) is 1. The molecule has 0 saturated carbocycles. The van der Waals surface area contributed by atoms with Gasteiger partial charge in [0.2, 0.25) is 0 Å². The minimum Gasteiger partial charge on any atom is -0.463 e. The minimum absolute atomic E-state index is 0.201. The molecule has 0 bridgehead atoms. The van der Waals surface area contributed by atoms with Gasteiger partial charge in [-0.15, -0.1) is 11.3 Å². The van der Waals surface area contributed by atoms with E-state index in [1.165, 1.54) is 11.3 Å². The number of thiophene rings is 1. The van der Waals surface area contributed by atoms with Crippen LogP contribution < -0.4 is 5.32 Å². The molecule has 1 aromatic rings. The molecular weight excluding hydrogens is 344 g/mol. The molecule has 1 aliphatic rings. The Labute approximate surface area is 149 Å². The van der Waals surface area contributed by atoms with Crippen molar-refractivity contribution in [3.05, 3.63) is 28.2 Å². The van der Waals surface area contributed by atoms with Gasteiger partial charge in [-0.05, 0) is 38.2 Å². The number of hydrogen-bond acceptors (Lipinski definition) is 7. The Kier molecular flexibility index (Phi) is 6.71. The molecule has 0 spiro atoms. The number of rotatable bonds is 6. The molecule has 0 atom stereocenters. The highest BCUT2D eigenvalue weighted by atomic mass is 32.1. The Hall–Kier alpha value is -2.66. The average molecular weight is 362 g/mol. The maximum absolute atomic E-state index is 11.9. The molecule has 132 valence electrons. The average Bonchev–Trinajstić information content (AvgIpc) is 2.95. The molecule has 2 rings (SSSR count). The van der Waals surface area contributed by atoms with E-state index in [2.05, 4.69) is 16.1 Å². The van der Waals surface area contributed by atoms with E-state index >= 15 is 0 Å². The van der Waals surface area contributed by atoms with E-state index in [0.29, 0.717) is 10.6 Å². The molecule has 1 aromatic heterocycles. The van der Waals surface area contributed by atoms with Crippen molar-refractivity contribution in [2.24, 2.45) is 0 Å². The lowest BCUT2D eigenvalue weighted by atomic mass is 9.96. The van der Waals surface area contributed by atoms with Gasteiger partial charge in [0, 0.05) is 17.0 Å². The van der Waals surface area contributed by atoms with Crippen LogP contribution in [0.5, 0.6) is 0 Å². The van der Waals surface area contributed by atoms with E-state index in [-0.39, 0.29) is 6.61 Å². The minimum atomic E-state index is -0.825.